The van der Waals surface area contributed by atoms with Gasteiger partial charge in [0, 0.05) is 50.4 Å². The van der Waals surface area contributed by atoms with Crippen LogP contribution in [-0.2, 0) is 35.4 Å². The number of rotatable bonds is 8. The minimum Gasteiger partial charge on any atom is -0.507 e. The van der Waals surface area contributed by atoms with Crippen molar-refractivity contribution in [3.8, 4) is 23.0 Å². The number of nitrogens with zero attached hydrogens (tertiary/aromatic N) is 2. The molecule has 2 aromatic carbocycles. The van der Waals surface area contributed by atoms with Gasteiger partial charge in [0.05, 0.1) is 42.9 Å². The van der Waals surface area contributed by atoms with Crippen LogP contribution in [0.4, 0.5) is 0 Å². The molecule has 0 radical (unpaired) electrons. The van der Waals surface area contributed by atoms with Crippen LogP contribution in [0.5, 0.6) is 23.0 Å². The Balaban J connectivity index is 1.86. The normalized spacial score (nSPS) is 16.6. The second-order valence-electron chi connectivity index (χ2n) is 11.9. The first-order valence-corrected chi connectivity index (χ1v) is 14.9. The number of phenolic OH excluding ortho intramolecular Hbond substituents is 4. The van der Waals surface area contributed by atoms with E-state index in [2.05, 4.69) is 9.80 Å². The molecule has 0 bridgehead atoms. The minimum atomic E-state index is -0.522. The van der Waals surface area contributed by atoms with E-state index in [4.69, 9.17) is 13.9 Å². The Morgan fingerprint density at radius 3 is 1.58 bits per heavy atom. The monoisotopic (exact) mass is 594 g/mol. The van der Waals surface area contributed by atoms with E-state index in [0.29, 0.717) is 58.2 Å². The number of aromatic hydroxyl groups is 4. The Morgan fingerprint density at radius 2 is 1.07 bits per heavy atom. The maximum Gasteiger partial charge on any atom is 0.204 e. The van der Waals surface area contributed by atoms with Crippen molar-refractivity contribution in [3.63, 3.8) is 0 Å². The Kier molecular flexibility index (Phi) is 9.31. The maximum absolute atomic E-state index is 14.5. The summed E-state index contributed by atoms with van der Waals surface area (Å²) < 4.78 is 17.5. The summed E-state index contributed by atoms with van der Waals surface area (Å²) in [5.74, 6) is -1.20. The second kappa shape index (κ2) is 13.0. The number of ether oxygens (including phenoxy) is 2. The van der Waals surface area contributed by atoms with Crippen molar-refractivity contribution >= 4 is 21.9 Å². The van der Waals surface area contributed by atoms with Gasteiger partial charge in [0.1, 0.15) is 22.5 Å². The largest absolute Gasteiger partial charge is 0.507 e. The predicted octanol–water partition coefficient (Wildman–Crippen LogP) is 4.45. The quantitative estimate of drug-likeness (QED) is 0.168. The van der Waals surface area contributed by atoms with Gasteiger partial charge in [-0.3, -0.25) is 14.6 Å². The van der Waals surface area contributed by atoms with Gasteiger partial charge in [0.15, 0.2) is 17.1 Å². The fraction of sp³-hybridized carbons (Fsp3) is 0.485. The predicted molar refractivity (Wildman–Crippen MR) is 165 cm³/mol. The van der Waals surface area contributed by atoms with E-state index in [1.54, 1.807) is 0 Å². The lowest BCUT2D eigenvalue weighted by Crippen LogP contribution is -2.36. The van der Waals surface area contributed by atoms with Crippen molar-refractivity contribution in [1.29, 1.82) is 0 Å². The molecule has 0 atom stereocenters. The summed E-state index contributed by atoms with van der Waals surface area (Å²) in [6.45, 7) is 12.8. The molecule has 2 fully saturated rings. The van der Waals surface area contributed by atoms with E-state index in [1.165, 1.54) is 0 Å². The molecule has 10 heteroatoms. The highest BCUT2D eigenvalue weighted by Gasteiger charge is 2.30. The summed E-state index contributed by atoms with van der Waals surface area (Å²) in [6.07, 6.45) is 4.14. The van der Waals surface area contributed by atoms with Crippen LogP contribution in [-0.4, -0.2) is 82.8 Å². The molecule has 2 aliphatic rings. The van der Waals surface area contributed by atoms with Crippen molar-refractivity contribution in [1.82, 2.24) is 9.80 Å². The minimum absolute atomic E-state index is 0.0495. The molecule has 0 amide bonds. The van der Waals surface area contributed by atoms with Gasteiger partial charge < -0.3 is 34.3 Å². The molecule has 10 nitrogen and oxygen atoms in total. The van der Waals surface area contributed by atoms with Gasteiger partial charge in [-0.25, -0.2) is 0 Å². The summed E-state index contributed by atoms with van der Waals surface area (Å²) in [5.41, 5.74) is 2.79. The van der Waals surface area contributed by atoms with E-state index in [9.17, 15) is 25.2 Å². The van der Waals surface area contributed by atoms with Crippen LogP contribution >= 0.6 is 0 Å². The highest BCUT2D eigenvalue weighted by molar-refractivity contribution is 6.00. The van der Waals surface area contributed by atoms with E-state index >= 15 is 0 Å². The van der Waals surface area contributed by atoms with Crippen molar-refractivity contribution in [3.05, 3.63) is 55.8 Å². The number of phenols is 4. The molecular formula is C33H42N2O8. The second-order valence-corrected chi connectivity index (χ2v) is 11.9. The SMILES string of the molecule is CC(C)=CCc1c(O)c(CN2CCOCC2)c2oc3c(CN4CCOCC4)c(O)c(O)c(CC=C(C)C)c3c(=O)c2c1O. The smallest absolute Gasteiger partial charge is 0.204 e. The van der Waals surface area contributed by atoms with E-state index in [-0.39, 0.29) is 87.6 Å². The number of morpholine rings is 2. The summed E-state index contributed by atoms with van der Waals surface area (Å²) in [4.78, 5) is 18.7. The first kappa shape index (κ1) is 30.9. The number of fused-ring (bicyclic) bond motifs is 2. The Morgan fingerprint density at radius 1 is 0.628 bits per heavy atom. The van der Waals surface area contributed by atoms with Crippen LogP contribution in [0.25, 0.3) is 21.9 Å². The molecule has 3 heterocycles. The van der Waals surface area contributed by atoms with E-state index in [1.807, 2.05) is 39.8 Å². The van der Waals surface area contributed by atoms with Crippen molar-refractivity contribution in [2.24, 2.45) is 0 Å². The van der Waals surface area contributed by atoms with Gasteiger partial charge in [-0.05, 0) is 40.5 Å². The number of allylic oxidation sites excluding steroid dienone is 4. The number of hydrogen-bond donors (Lipinski definition) is 4. The highest BCUT2D eigenvalue weighted by Crippen LogP contribution is 2.45. The van der Waals surface area contributed by atoms with Gasteiger partial charge in [-0.1, -0.05) is 23.3 Å². The zero-order valence-electron chi connectivity index (χ0n) is 25.5. The zero-order valence-corrected chi connectivity index (χ0v) is 25.5. The van der Waals surface area contributed by atoms with Gasteiger partial charge in [0.25, 0.3) is 0 Å². The number of benzene rings is 2. The molecule has 2 aliphatic heterocycles. The molecule has 5 rings (SSSR count). The summed E-state index contributed by atoms with van der Waals surface area (Å²) >= 11 is 0. The zero-order chi connectivity index (χ0) is 30.8. The van der Waals surface area contributed by atoms with Crippen LogP contribution < -0.4 is 5.43 Å². The topological polar surface area (TPSA) is 136 Å². The Labute approximate surface area is 251 Å². The fourth-order valence-electron chi connectivity index (χ4n) is 5.78. The molecule has 2 saturated heterocycles. The van der Waals surface area contributed by atoms with Gasteiger partial charge >= 0.3 is 0 Å². The van der Waals surface area contributed by atoms with Crippen molar-refractivity contribution in [2.45, 2.75) is 53.6 Å². The van der Waals surface area contributed by atoms with Crippen LogP contribution in [0.2, 0.25) is 0 Å². The molecule has 4 N–H and O–H groups in total. The molecule has 43 heavy (non-hydrogen) atoms. The lowest BCUT2D eigenvalue weighted by atomic mass is 9.94. The fourth-order valence-corrected chi connectivity index (χ4v) is 5.78. The van der Waals surface area contributed by atoms with Crippen molar-refractivity contribution in [2.75, 3.05) is 52.6 Å². The van der Waals surface area contributed by atoms with E-state index < -0.39 is 5.43 Å². The summed E-state index contributed by atoms with van der Waals surface area (Å²) in [5, 5.41) is 45.8. The first-order chi connectivity index (χ1) is 20.6. The molecular weight excluding hydrogens is 552 g/mol. The average Bonchev–Trinajstić information content (AvgIpc) is 2.98. The third-order valence-electron chi connectivity index (χ3n) is 8.25. The van der Waals surface area contributed by atoms with Crippen LogP contribution in [0, 0.1) is 0 Å². The lowest BCUT2D eigenvalue weighted by molar-refractivity contribution is 0.0338. The standard InChI is InChI=1S/C33H42N2O8/c1-19(2)5-7-21-25-31(40)26-28(37)22(8-6-20(3)4)27(36)23(17-34-9-13-41-14-10-34)33(26)43-32(25)24(30(39)29(21)38)18-35-11-15-42-16-12-35/h5-6,36-39H,7-18H2,1-4H3. The van der Waals surface area contributed by atoms with Crippen molar-refractivity contribution < 1.29 is 34.3 Å². The molecule has 0 aliphatic carbocycles. The maximum atomic E-state index is 14.5. The van der Waals surface area contributed by atoms with E-state index in [0.717, 1.165) is 11.1 Å². The van der Waals surface area contributed by atoms with Gasteiger partial charge in [-0.15, -0.1) is 0 Å². The third kappa shape index (κ3) is 6.24. The first-order valence-electron chi connectivity index (χ1n) is 14.9. The summed E-state index contributed by atoms with van der Waals surface area (Å²) in [7, 11) is 0. The highest BCUT2D eigenvalue weighted by atomic mass is 16.5. The summed E-state index contributed by atoms with van der Waals surface area (Å²) in [6, 6.07) is 0. The molecule has 1 aromatic heterocycles. The van der Waals surface area contributed by atoms with Crippen LogP contribution in [0.3, 0.4) is 0 Å². The molecule has 0 unspecified atom stereocenters. The molecule has 0 spiro atoms. The molecule has 3 aromatic rings. The molecule has 0 saturated carbocycles. The Hall–Kier alpha value is -3.57. The Bertz CT molecular complexity index is 1640. The van der Waals surface area contributed by atoms with Crippen LogP contribution in [0.1, 0.15) is 49.9 Å². The van der Waals surface area contributed by atoms with Crippen LogP contribution in [0.15, 0.2) is 32.5 Å². The van der Waals surface area contributed by atoms with Gasteiger partial charge in [0.2, 0.25) is 5.43 Å². The average molecular weight is 595 g/mol. The number of hydrogen-bond acceptors (Lipinski definition) is 10. The lowest BCUT2D eigenvalue weighted by Gasteiger charge is -2.28. The third-order valence-corrected chi connectivity index (χ3v) is 8.25. The molecule has 232 valence electrons. The van der Waals surface area contributed by atoms with Gasteiger partial charge in [-0.2, -0.15) is 0 Å².